The van der Waals surface area contributed by atoms with Crippen molar-refractivity contribution in [3.8, 4) is 0 Å². The van der Waals surface area contributed by atoms with E-state index in [1.54, 1.807) is 0 Å². The Morgan fingerprint density at radius 2 is 1.95 bits per heavy atom. The molecule has 2 N–H and O–H groups in total. The van der Waals surface area contributed by atoms with Crippen molar-refractivity contribution in [1.29, 1.82) is 0 Å². The summed E-state index contributed by atoms with van der Waals surface area (Å²) in [5.41, 5.74) is 4.89. The number of halogens is 3. The summed E-state index contributed by atoms with van der Waals surface area (Å²) in [6.45, 7) is 2.64. The second kappa shape index (κ2) is 8.17. The number of ketones is 1. The minimum atomic E-state index is -4.42. The highest BCUT2D eigenvalue weighted by Crippen LogP contribution is 2.30. The quantitative estimate of drug-likeness (QED) is 0.722. The van der Waals surface area contributed by atoms with Crippen LogP contribution in [0.5, 0.6) is 0 Å². The van der Waals surface area contributed by atoms with Gasteiger partial charge >= 0.3 is 6.18 Å². The van der Waals surface area contributed by atoms with Crippen LogP contribution in [0.2, 0.25) is 0 Å². The molecule has 2 nitrogen and oxygen atoms in total. The van der Waals surface area contributed by atoms with Crippen LogP contribution in [0.3, 0.4) is 0 Å². The molecule has 1 aromatic carbocycles. The van der Waals surface area contributed by atoms with Crippen LogP contribution in [0, 0.1) is 5.92 Å². The molecule has 1 rings (SSSR count). The van der Waals surface area contributed by atoms with E-state index in [4.69, 9.17) is 5.73 Å². The third kappa shape index (κ3) is 5.87. The Balaban J connectivity index is 2.67. The SMILES string of the molecule is CCCC(CCN)CCC(=O)c1cccc(C(F)(F)F)c1. The zero-order chi connectivity index (χ0) is 15.9. The number of benzene rings is 1. The summed E-state index contributed by atoms with van der Waals surface area (Å²) < 4.78 is 37.9. The number of hydrogen-bond acceptors (Lipinski definition) is 2. The molecule has 0 fully saturated rings. The van der Waals surface area contributed by atoms with Crippen LogP contribution in [-0.4, -0.2) is 12.3 Å². The third-order valence-corrected chi connectivity index (χ3v) is 3.56. The highest BCUT2D eigenvalue weighted by atomic mass is 19.4. The van der Waals surface area contributed by atoms with E-state index in [2.05, 4.69) is 6.92 Å². The molecule has 0 bridgehead atoms. The second-order valence-electron chi connectivity index (χ2n) is 5.27. The molecule has 5 heteroatoms. The number of Topliss-reactive ketones (excluding diaryl/α,β-unsaturated/α-hetero) is 1. The number of carbonyl (C=O) groups is 1. The summed E-state index contributed by atoms with van der Waals surface area (Å²) in [5, 5.41) is 0. The monoisotopic (exact) mass is 301 g/mol. The van der Waals surface area contributed by atoms with E-state index < -0.39 is 11.7 Å². The van der Waals surface area contributed by atoms with E-state index in [9.17, 15) is 18.0 Å². The highest BCUT2D eigenvalue weighted by molar-refractivity contribution is 5.96. The van der Waals surface area contributed by atoms with Crippen molar-refractivity contribution in [2.45, 2.75) is 45.2 Å². The predicted molar refractivity (Wildman–Crippen MR) is 77.1 cm³/mol. The largest absolute Gasteiger partial charge is 0.416 e. The third-order valence-electron chi connectivity index (χ3n) is 3.56. The summed E-state index contributed by atoms with van der Waals surface area (Å²) in [7, 11) is 0. The van der Waals surface area contributed by atoms with Crippen LogP contribution in [-0.2, 0) is 6.18 Å². The molecular formula is C16H22F3NO. The second-order valence-corrected chi connectivity index (χ2v) is 5.27. The first-order valence-corrected chi connectivity index (χ1v) is 7.29. The smallest absolute Gasteiger partial charge is 0.330 e. The van der Waals surface area contributed by atoms with Crippen molar-refractivity contribution in [3.05, 3.63) is 35.4 Å². The van der Waals surface area contributed by atoms with Gasteiger partial charge in [0, 0.05) is 12.0 Å². The summed E-state index contributed by atoms with van der Waals surface area (Å²) in [4.78, 5) is 12.0. The van der Waals surface area contributed by atoms with E-state index in [0.29, 0.717) is 18.9 Å². The topological polar surface area (TPSA) is 43.1 Å². The fourth-order valence-corrected chi connectivity index (χ4v) is 2.43. The van der Waals surface area contributed by atoms with E-state index in [-0.39, 0.29) is 17.8 Å². The van der Waals surface area contributed by atoms with Crippen LogP contribution >= 0.6 is 0 Å². The zero-order valence-electron chi connectivity index (χ0n) is 12.2. The fraction of sp³-hybridized carbons (Fsp3) is 0.562. The summed E-state index contributed by atoms with van der Waals surface area (Å²) in [5.74, 6) is 0.133. The molecule has 1 aromatic rings. The lowest BCUT2D eigenvalue weighted by molar-refractivity contribution is -0.137. The van der Waals surface area contributed by atoms with Crippen molar-refractivity contribution in [3.63, 3.8) is 0 Å². The molecule has 118 valence electrons. The molecule has 0 heterocycles. The van der Waals surface area contributed by atoms with Gasteiger partial charge in [0.15, 0.2) is 5.78 Å². The van der Waals surface area contributed by atoms with Crippen molar-refractivity contribution < 1.29 is 18.0 Å². The Morgan fingerprint density at radius 3 is 2.52 bits per heavy atom. The summed E-state index contributed by atoms with van der Waals surface area (Å²) in [6.07, 6.45) is -0.605. The molecule has 0 aromatic heterocycles. The van der Waals surface area contributed by atoms with Crippen LogP contribution in [0.25, 0.3) is 0 Å². The van der Waals surface area contributed by atoms with Crippen molar-refractivity contribution >= 4 is 5.78 Å². The fourth-order valence-electron chi connectivity index (χ4n) is 2.43. The number of hydrogen-bond donors (Lipinski definition) is 1. The van der Waals surface area contributed by atoms with Gasteiger partial charge in [0.25, 0.3) is 0 Å². The maximum atomic E-state index is 12.6. The molecule has 21 heavy (non-hydrogen) atoms. The zero-order valence-corrected chi connectivity index (χ0v) is 12.2. The Hall–Kier alpha value is -1.36. The molecule has 0 radical (unpaired) electrons. The van der Waals surface area contributed by atoms with Gasteiger partial charge in [0.05, 0.1) is 5.56 Å². The molecule has 0 amide bonds. The molecule has 1 unspecified atom stereocenters. The van der Waals surface area contributed by atoms with Crippen molar-refractivity contribution in [2.24, 2.45) is 11.7 Å². The molecule has 0 aliphatic rings. The molecule has 0 saturated carbocycles. The number of rotatable bonds is 8. The van der Waals surface area contributed by atoms with Crippen LogP contribution in [0.4, 0.5) is 13.2 Å². The highest BCUT2D eigenvalue weighted by Gasteiger charge is 2.30. The Bertz CT molecular complexity index is 451. The van der Waals surface area contributed by atoms with Gasteiger partial charge in [-0.3, -0.25) is 4.79 Å². The predicted octanol–water partition coefficient (Wildman–Crippen LogP) is 4.43. The van der Waals surface area contributed by atoms with E-state index in [1.165, 1.54) is 12.1 Å². The Labute approximate surface area is 123 Å². The molecular weight excluding hydrogens is 279 g/mol. The number of alkyl halides is 3. The molecule has 0 aliphatic carbocycles. The van der Waals surface area contributed by atoms with Crippen molar-refractivity contribution in [1.82, 2.24) is 0 Å². The van der Waals surface area contributed by atoms with Gasteiger partial charge in [-0.2, -0.15) is 13.2 Å². The average Bonchev–Trinajstić information content (AvgIpc) is 2.44. The summed E-state index contributed by atoms with van der Waals surface area (Å²) >= 11 is 0. The van der Waals surface area contributed by atoms with Gasteiger partial charge in [-0.1, -0.05) is 31.9 Å². The Morgan fingerprint density at radius 1 is 1.24 bits per heavy atom. The van der Waals surface area contributed by atoms with Crippen LogP contribution < -0.4 is 5.73 Å². The number of nitrogens with two attached hydrogens (primary N) is 1. The van der Waals surface area contributed by atoms with Crippen LogP contribution in [0.1, 0.15) is 54.9 Å². The first kappa shape index (κ1) is 17.7. The van der Waals surface area contributed by atoms with Gasteiger partial charge < -0.3 is 5.73 Å². The number of carbonyl (C=O) groups excluding carboxylic acids is 1. The van der Waals surface area contributed by atoms with Gasteiger partial charge in [-0.25, -0.2) is 0 Å². The molecule has 0 saturated heterocycles. The maximum absolute atomic E-state index is 12.6. The van der Waals surface area contributed by atoms with E-state index in [1.807, 2.05) is 0 Å². The maximum Gasteiger partial charge on any atom is 0.416 e. The van der Waals surface area contributed by atoms with Crippen LogP contribution in [0.15, 0.2) is 24.3 Å². The van der Waals surface area contributed by atoms with Gasteiger partial charge in [-0.05, 0) is 37.4 Å². The average molecular weight is 301 g/mol. The molecule has 1 atom stereocenters. The first-order chi connectivity index (χ1) is 9.88. The lowest BCUT2D eigenvalue weighted by Gasteiger charge is -2.14. The first-order valence-electron chi connectivity index (χ1n) is 7.29. The molecule has 0 aliphatic heterocycles. The minimum absolute atomic E-state index is 0.132. The van der Waals surface area contributed by atoms with Gasteiger partial charge in [-0.15, -0.1) is 0 Å². The lowest BCUT2D eigenvalue weighted by atomic mass is 9.92. The lowest BCUT2D eigenvalue weighted by Crippen LogP contribution is -2.12. The van der Waals surface area contributed by atoms with Gasteiger partial charge in [0.1, 0.15) is 0 Å². The normalized spacial score (nSPS) is 13.2. The van der Waals surface area contributed by atoms with E-state index >= 15 is 0 Å². The summed E-state index contributed by atoms with van der Waals surface area (Å²) in [6, 6.07) is 4.62. The van der Waals surface area contributed by atoms with Gasteiger partial charge in [0.2, 0.25) is 0 Å². The van der Waals surface area contributed by atoms with E-state index in [0.717, 1.165) is 31.4 Å². The Kier molecular flexibility index (Phi) is 6.89. The minimum Gasteiger partial charge on any atom is -0.330 e. The molecule has 0 spiro atoms. The van der Waals surface area contributed by atoms with Crippen molar-refractivity contribution in [2.75, 3.05) is 6.54 Å². The standard InChI is InChI=1S/C16H22F3NO/c1-2-4-12(9-10-20)7-8-15(21)13-5-3-6-14(11-13)16(17,18)19/h3,5-6,11-12H,2,4,7-10,20H2,1H3.